The molecule has 2 N–H and O–H groups in total. The molecule has 2 nitrogen and oxygen atoms in total. The van der Waals surface area contributed by atoms with Crippen LogP contribution in [0.15, 0.2) is 52.5 Å². The Kier molecular flexibility index (Phi) is 4.64. The monoisotopic (exact) mass is 278 g/mol. The standard InChI is InChI=1S/C14H15ClN2S/c1-2-13(16)10-5-7-11(8-6-10)18-14-12(15)4-3-9-17-14/h3-9,13H,2,16H2,1H3. The van der Waals surface area contributed by atoms with Gasteiger partial charge in [0.2, 0.25) is 0 Å². The summed E-state index contributed by atoms with van der Waals surface area (Å²) in [5, 5.41) is 1.50. The Morgan fingerprint density at radius 3 is 2.61 bits per heavy atom. The van der Waals surface area contributed by atoms with Gasteiger partial charge < -0.3 is 5.73 Å². The predicted octanol–water partition coefficient (Wildman–Crippen LogP) is 4.30. The molecule has 2 rings (SSSR count). The molecule has 2 aromatic rings. The fourth-order valence-electron chi connectivity index (χ4n) is 1.58. The van der Waals surface area contributed by atoms with Crippen molar-refractivity contribution in [3.05, 3.63) is 53.2 Å². The minimum absolute atomic E-state index is 0.113. The van der Waals surface area contributed by atoms with Crippen molar-refractivity contribution in [2.45, 2.75) is 29.3 Å². The zero-order valence-corrected chi connectivity index (χ0v) is 11.7. The van der Waals surface area contributed by atoms with Crippen LogP contribution in [0.25, 0.3) is 0 Å². The zero-order chi connectivity index (χ0) is 13.0. The summed E-state index contributed by atoms with van der Waals surface area (Å²) in [4.78, 5) is 5.37. The Bertz CT molecular complexity index is 513. The molecule has 1 atom stereocenters. The molecule has 0 aliphatic carbocycles. The van der Waals surface area contributed by atoms with E-state index in [1.165, 1.54) is 0 Å². The van der Waals surface area contributed by atoms with Gasteiger partial charge in [-0.2, -0.15) is 0 Å². The summed E-state index contributed by atoms with van der Waals surface area (Å²) < 4.78 is 0. The lowest BCUT2D eigenvalue weighted by atomic mass is 10.1. The van der Waals surface area contributed by atoms with Crippen molar-refractivity contribution in [2.75, 3.05) is 0 Å². The number of halogens is 1. The third-order valence-electron chi connectivity index (χ3n) is 2.69. The molecule has 1 aromatic heterocycles. The topological polar surface area (TPSA) is 38.9 Å². The quantitative estimate of drug-likeness (QED) is 0.906. The van der Waals surface area contributed by atoms with Gasteiger partial charge in [-0.25, -0.2) is 4.98 Å². The van der Waals surface area contributed by atoms with Gasteiger partial charge in [-0.3, -0.25) is 0 Å². The fraction of sp³-hybridized carbons (Fsp3) is 0.214. The van der Waals surface area contributed by atoms with Crippen LogP contribution in [0.2, 0.25) is 5.02 Å². The number of nitrogens with two attached hydrogens (primary N) is 1. The van der Waals surface area contributed by atoms with Crippen LogP contribution in [0.1, 0.15) is 24.9 Å². The Hall–Kier alpha value is -1.03. The van der Waals surface area contributed by atoms with Crippen LogP contribution in [-0.4, -0.2) is 4.98 Å². The smallest absolute Gasteiger partial charge is 0.119 e. The summed E-state index contributed by atoms with van der Waals surface area (Å²) in [7, 11) is 0. The maximum atomic E-state index is 6.07. The molecule has 0 saturated heterocycles. The van der Waals surface area contributed by atoms with E-state index in [0.717, 1.165) is 21.9 Å². The molecule has 0 amide bonds. The van der Waals surface area contributed by atoms with E-state index in [1.54, 1.807) is 18.0 Å². The van der Waals surface area contributed by atoms with Gasteiger partial charge in [-0.05, 0) is 36.2 Å². The van der Waals surface area contributed by atoms with Gasteiger partial charge in [-0.1, -0.05) is 42.4 Å². The third kappa shape index (κ3) is 3.25. The second-order valence-electron chi connectivity index (χ2n) is 3.98. The first-order valence-electron chi connectivity index (χ1n) is 5.84. The third-order valence-corrected chi connectivity index (χ3v) is 4.13. The summed E-state index contributed by atoms with van der Waals surface area (Å²) in [6.45, 7) is 2.08. The van der Waals surface area contributed by atoms with E-state index >= 15 is 0 Å². The van der Waals surface area contributed by atoms with Gasteiger partial charge in [0.25, 0.3) is 0 Å². The number of benzene rings is 1. The molecule has 94 valence electrons. The first kappa shape index (κ1) is 13.4. The molecule has 0 aliphatic heterocycles. The molecule has 0 saturated carbocycles. The zero-order valence-electron chi connectivity index (χ0n) is 10.1. The molecule has 4 heteroatoms. The molecule has 0 radical (unpaired) electrons. The molecule has 1 unspecified atom stereocenters. The molecular weight excluding hydrogens is 264 g/mol. The van der Waals surface area contributed by atoms with Gasteiger partial charge in [0, 0.05) is 17.1 Å². The number of rotatable bonds is 4. The molecule has 0 fully saturated rings. The lowest BCUT2D eigenvalue weighted by molar-refractivity contribution is 0.698. The van der Waals surface area contributed by atoms with E-state index in [9.17, 15) is 0 Å². The van der Waals surface area contributed by atoms with Crippen molar-refractivity contribution >= 4 is 23.4 Å². The predicted molar refractivity (Wildman–Crippen MR) is 77.0 cm³/mol. The first-order chi connectivity index (χ1) is 8.70. The van der Waals surface area contributed by atoms with Crippen molar-refractivity contribution in [1.29, 1.82) is 0 Å². The van der Waals surface area contributed by atoms with Crippen LogP contribution in [-0.2, 0) is 0 Å². The van der Waals surface area contributed by atoms with Crippen molar-refractivity contribution in [1.82, 2.24) is 4.98 Å². The highest BCUT2D eigenvalue weighted by Gasteiger charge is 2.05. The average Bonchev–Trinajstić information content (AvgIpc) is 2.41. The lowest BCUT2D eigenvalue weighted by Gasteiger charge is -2.09. The Balaban J connectivity index is 2.14. The SMILES string of the molecule is CCC(N)c1ccc(Sc2ncccc2Cl)cc1. The van der Waals surface area contributed by atoms with E-state index in [4.69, 9.17) is 17.3 Å². The lowest BCUT2D eigenvalue weighted by Crippen LogP contribution is -2.07. The normalized spacial score (nSPS) is 12.4. The van der Waals surface area contributed by atoms with Crippen molar-refractivity contribution < 1.29 is 0 Å². The highest BCUT2D eigenvalue weighted by atomic mass is 35.5. The van der Waals surface area contributed by atoms with Gasteiger partial charge in [0.1, 0.15) is 5.03 Å². The number of hydrogen-bond donors (Lipinski definition) is 1. The molecule has 1 aromatic carbocycles. The van der Waals surface area contributed by atoms with Gasteiger partial charge in [0.15, 0.2) is 0 Å². The Morgan fingerprint density at radius 1 is 1.28 bits per heavy atom. The Morgan fingerprint density at radius 2 is 2.00 bits per heavy atom. The maximum Gasteiger partial charge on any atom is 0.119 e. The molecular formula is C14H15ClN2S. The minimum Gasteiger partial charge on any atom is -0.324 e. The van der Waals surface area contributed by atoms with E-state index in [1.807, 2.05) is 12.1 Å². The first-order valence-corrected chi connectivity index (χ1v) is 7.04. The fourth-order valence-corrected chi connectivity index (χ4v) is 2.59. The second kappa shape index (κ2) is 6.23. The van der Waals surface area contributed by atoms with Crippen LogP contribution in [0, 0.1) is 0 Å². The van der Waals surface area contributed by atoms with Crippen molar-refractivity contribution in [3.63, 3.8) is 0 Å². The number of nitrogens with zero attached hydrogens (tertiary/aromatic N) is 1. The number of aromatic nitrogens is 1. The van der Waals surface area contributed by atoms with Crippen LogP contribution in [0.4, 0.5) is 0 Å². The van der Waals surface area contributed by atoms with Gasteiger partial charge in [0.05, 0.1) is 5.02 Å². The Labute approximate surface area is 117 Å². The van der Waals surface area contributed by atoms with E-state index < -0.39 is 0 Å². The van der Waals surface area contributed by atoms with Gasteiger partial charge in [-0.15, -0.1) is 0 Å². The number of hydrogen-bond acceptors (Lipinski definition) is 3. The van der Waals surface area contributed by atoms with Crippen LogP contribution in [0.3, 0.4) is 0 Å². The molecule has 0 spiro atoms. The van der Waals surface area contributed by atoms with Crippen molar-refractivity contribution in [3.8, 4) is 0 Å². The molecule has 0 bridgehead atoms. The summed E-state index contributed by atoms with van der Waals surface area (Å²) in [5.74, 6) is 0. The van der Waals surface area contributed by atoms with Gasteiger partial charge >= 0.3 is 0 Å². The minimum atomic E-state index is 0.113. The molecule has 18 heavy (non-hydrogen) atoms. The maximum absolute atomic E-state index is 6.07. The van der Waals surface area contributed by atoms with Crippen LogP contribution >= 0.6 is 23.4 Å². The summed E-state index contributed by atoms with van der Waals surface area (Å²) in [6.07, 6.45) is 2.69. The number of pyridine rings is 1. The van der Waals surface area contributed by atoms with Crippen LogP contribution < -0.4 is 5.73 Å². The summed E-state index contributed by atoms with van der Waals surface area (Å²) in [5.41, 5.74) is 7.14. The molecule has 0 aliphatic rings. The van der Waals surface area contributed by atoms with E-state index in [-0.39, 0.29) is 6.04 Å². The average molecular weight is 279 g/mol. The highest BCUT2D eigenvalue weighted by Crippen LogP contribution is 2.31. The molecule has 1 heterocycles. The van der Waals surface area contributed by atoms with E-state index in [0.29, 0.717) is 5.02 Å². The van der Waals surface area contributed by atoms with Crippen LogP contribution in [0.5, 0.6) is 0 Å². The highest BCUT2D eigenvalue weighted by molar-refractivity contribution is 7.99. The van der Waals surface area contributed by atoms with Crippen molar-refractivity contribution in [2.24, 2.45) is 5.73 Å². The second-order valence-corrected chi connectivity index (χ2v) is 5.45. The summed E-state index contributed by atoms with van der Waals surface area (Å²) >= 11 is 7.63. The largest absolute Gasteiger partial charge is 0.324 e. The summed E-state index contributed by atoms with van der Waals surface area (Å²) in [6, 6.07) is 12.0. The van der Waals surface area contributed by atoms with E-state index in [2.05, 4.69) is 36.2 Å².